The van der Waals surface area contributed by atoms with Crippen molar-refractivity contribution in [1.29, 1.82) is 0 Å². The van der Waals surface area contributed by atoms with Crippen LogP contribution in [0.1, 0.15) is 37.3 Å². The summed E-state index contributed by atoms with van der Waals surface area (Å²) in [4.78, 5) is 30.0. The lowest BCUT2D eigenvalue weighted by Gasteiger charge is -2.26. The largest absolute Gasteiger partial charge is 0.472 e. The van der Waals surface area contributed by atoms with Gasteiger partial charge in [0.1, 0.15) is 48.6 Å². The zero-order chi connectivity index (χ0) is 26.8. The third-order valence-electron chi connectivity index (χ3n) is 7.34. The van der Waals surface area contributed by atoms with Crippen LogP contribution in [0, 0.1) is 0 Å². The van der Waals surface area contributed by atoms with E-state index < -0.39 is 76.7 Å². The van der Waals surface area contributed by atoms with E-state index in [2.05, 4.69) is 9.97 Å². The van der Waals surface area contributed by atoms with Crippen LogP contribution >= 0.6 is 14.5 Å². The molecule has 2 unspecified atom stereocenters. The van der Waals surface area contributed by atoms with Crippen molar-refractivity contribution in [2.75, 3.05) is 13.2 Å². The van der Waals surface area contributed by atoms with Crippen LogP contribution in [0.2, 0.25) is 0 Å². The Hall–Kier alpha value is -0.900. The molecule has 17 heteroatoms. The summed E-state index contributed by atoms with van der Waals surface area (Å²) >= 11 is 5.14. The van der Waals surface area contributed by atoms with Crippen LogP contribution in [-0.2, 0) is 56.8 Å². The van der Waals surface area contributed by atoms with E-state index in [1.165, 1.54) is 6.33 Å². The third kappa shape index (κ3) is 5.03. The molecule has 2 aromatic heterocycles. The third-order valence-corrected chi connectivity index (χ3v) is 9.89. The van der Waals surface area contributed by atoms with Crippen LogP contribution in [0.25, 0.3) is 11.0 Å². The molecule has 0 amide bonds. The number of hydrogen-bond acceptors (Lipinski definition) is 12. The number of ether oxygens (including phenoxy) is 2. The van der Waals surface area contributed by atoms with Crippen molar-refractivity contribution in [3.63, 3.8) is 0 Å². The van der Waals surface area contributed by atoms with Gasteiger partial charge in [-0.2, -0.15) is 0 Å². The summed E-state index contributed by atoms with van der Waals surface area (Å²) in [6.45, 7) is -3.31. The summed E-state index contributed by atoms with van der Waals surface area (Å²) in [6.07, 6.45) is -2.36. The SMILES string of the molecule is C[C@@H]1O[C@@H]2COP(=O)(O)O[C@H]3[C@@H](O)[C@H](n4cc5c6c(ncnc64)CCCC5)O[C@@H]3COP(O)(=S)O[C@@H]1[C@@H]2O. The Morgan fingerprint density at radius 3 is 2.58 bits per heavy atom. The monoisotopic (exact) mass is 593 g/mol. The highest BCUT2D eigenvalue weighted by Crippen LogP contribution is 2.53. The average molecular weight is 593 g/mol. The van der Waals surface area contributed by atoms with Crippen molar-refractivity contribution >= 4 is 37.4 Å². The van der Waals surface area contributed by atoms with Gasteiger partial charge in [-0.3, -0.25) is 13.6 Å². The first-order chi connectivity index (χ1) is 18.0. The van der Waals surface area contributed by atoms with Gasteiger partial charge in [0, 0.05) is 11.6 Å². The predicted octanol–water partition coefficient (Wildman–Crippen LogP) is 0.851. The molecule has 0 aromatic carbocycles. The first-order valence-electron chi connectivity index (χ1n) is 12.3. The summed E-state index contributed by atoms with van der Waals surface area (Å²) in [5.41, 5.74) is 2.48. The summed E-state index contributed by atoms with van der Waals surface area (Å²) in [7, 11) is -4.78. The maximum absolute atomic E-state index is 12.9. The zero-order valence-electron chi connectivity index (χ0n) is 20.3. The molecular formula is C21H29N3O11P2S. The topological polar surface area (TPSA) is 184 Å². The molecule has 0 spiro atoms. The fourth-order valence-corrected chi connectivity index (χ4v) is 7.98. The Labute approximate surface area is 222 Å². The first-order valence-corrected chi connectivity index (χ1v) is 16.4. The van der Waals surface area contributed by atoms with Gasteiger partial charge < -0.3 is 38.6 Å². The van der Waals surface area contributed by atoms with Gasteiger partial charge in [0.25, 0.3) is 0 Å². The van der Waals surface area contributed by atoms with Gasteiger partial charge >= 0.3 is 14.5 Å². The summed E-state index contributed by atoms with van der Waals surface area (Å²) < 4.78 is 47.7. The summed E-state index contributed by atoms with van der Waals surface area (Å²) in [5, 5.41) is 22.7. The van der Waals surface area contributed by atoms with Crippen molar-refractivity contribution in [2.45, 2.75) is 81.6 Å². The number of rotatable bonds is 1. The maximum atomic E-state index is 12.9. The number of phosphoric acid groups is 1. The van der Waals surface area contributed by atoms with Crippen molar-refractivity contribution in [3.8, 4) is 0 Å². The molecule has 4 aliphatic rings. The van der Waals surface area contributed by atoms with Crippen molar-refractivity contribution < 1.29 is 52.1 Å². The average Bonchev–Trinajstić information content (AvgIpc) is 3.39. The molecule has 3 aliphatic heterocycles. The van der Waals surface area contributed by atoms with E-state index in [0.717, 1.165) is 42.3 Å². The first kappa shape index (κ1) is 27.3. The minimum absolute atomic E-state index is 0.445. The van der Waals surface area contributed by atoms with Crippen LogP contribution in [0.5, 0.6) is 0 Å². The standard InChI is InChI=1S/C21H29N3O11P2S/c1-10-18-16(25)13(32-10)7-30-36(27,28)34-19-14(8-31-37(29,38)35-18)33-21(17(19)26)24-6-11-4-2-3-5-12-15(11)20(24)23-9-22-12/h6,9-10,13-14,16-19,21,25-26H,2-5,7-8H2,1H3,(H,27,28)(H,29,38)/t10-,13+,14+,16+,17+,18-,19+,21+,37?/m0/s1. The molecule has 1 aliphatic carbocycles. The molecule has 0 radical (unpaired) electrons. The fourth-order valence-electron chi connectivity index (χ4n) is 5.54. The number of hydrogen-bond donors (Lipinski definition) is 4. The molecule has 6 rings (SSSR count). The summed E-state index contributed by atoms with van der Waals surface area (Å²) in [5.74, 6) is 0. The van der Waals surface area contributed by atoms with E-state index in [1.54, 1.807) is 11.5 Å². The van der Waals surface area contributed by atoms with E-state index in [9.17, 15) is 24.6 Å². The highest BCUT2D eigenvalue weighted by Gasteiger charge is 2.52. The second-order valence-electron chi connectivity index (χ2n) is 9.88. The second-order valence-corrected chi connectivity index (χ2v) is 14.1. The Balaban J connectivity index is 1.33. The van der Waals surface area contributed by atoms with Gasteiger partial charge in [0.05, 0.1) is 25.0 Å². The smallest absolute Gasteiger partial charge is 0.387 e. The van der Waals surface area contributed by atoms with Gasteiger partial charge in [0.2, 0.25) is 0 Å². The number of aromatic nitrogens is 3. The van der Waals surface area contributed by atoms with E-state index in [-0.39, 0.29) is 0 Å². The Kier molecular flexibility index (Phi) is 7.31. The molecule has 14 nitrogen and oxygen atoms in total. The molecule has 0 saturated carbocycles. The van der Waals surface area contributed by atoms with Gasteiger partial charge in [-0.15, -0.1) is 0 Å². The van der Waals surface area contributed by atoms with Crippen molar-refractivity contribution in [1.82, 2.24) is 14.5 Å². The van der Waals surface area contributed by atoms with E-state index in [0.29, 0.717) is 5.65 Å². The molecule has 210 valence electrons. The number of aliphatic hydroxyl groups excluding tert-OH is 2. The molecule has 2 aromatic rings. The molecule has 3 saturated heterocycles. The molecule has 3 fully saturated rings. The van der Waals surface area contributed by atoms with Crippen LogP contribution in [0.15, 0.2) is 12.5 Å². The molecule has 5 heterocycles. The van der Waals surface area contributed by atoms with Gasteiger partial charge in [-0.25, -0.2) is 14.5 Å². The van der Waals surface area contributed by atoms with Crippen LogP contribution in [0.3, 0.4) is 0 Å². The van der Waals surface area contributed by atoms with Crippen LogP contribution in [0.4, 0.5) is 0 Å². The molecule has 4 N–H and O–H groups in total. The second kappa shape index (κ2) is 10.2. The van der Waals surface area contributed by atoms with E-state index in [1.807, 2.05) is 6.20 Å². The van der Waals surface area contributed by atoms with Crippen LogP contribution in [-0.4, -0.2) is 90.5 Å². The Morgan fingerprint density at radius 2 is 1.76 bits per heavy atom. The highest BCUT2D eigenvalue weighted by atomic mass is 32.5. The number of aliphatic hydroxyl groups is 2. The van der Waals surface area contributed by atoms with E-state index in [4.69, 9.17) is 39.4 Å². The molecule has 10 atom stereocenters. The number of aryl methyl sites for hydroxylation is 2. The van der Waals surface area contributed by atoms with Crippen molar-refractivity contribution in [2.24, 2.45) is 0 Å². The Morgan fingerprint density at radius 1 is 1.00 bits per heavy atom. The number of fused-ring (bicyclic) bond motifs is 3. The van der Waals surface area contributed by atoms with Gasteiger partial charge in [-0.05, 0) is 50.0 Å². The predicted molar refractivity (Wildman–Crippen MR) is 132 cm³/mol. The maximum Gasteiger partial charge on any atom is 0.472 e. The fraction of sp³-hybridized carbons (Fsp3) is 0.714. The lowest BCUT2D eigenvalue weighted by molar-refractivity contribution is -0.0523. The summed E-state index contributed by atoms with van der Waals surface area (Å²) in [6, 6.07) is 0. The highest BCUT2D eigenvalue weighted by molar-refractivity contribution is 8.07. The van der Waals surface area contributed by atoms with Gasteiger partial charge in [0.15, 0.2) is 6.23 Å². The van der Waals surface area contributed by atoms with E-state index >= 15 is 0 Å². The Bertz CT molecular complexity index is 1310. The number of phosphoric ester groups is 1. The lowest BCUT2D eigenvalue weighted by Crippen LogP contribution is -2.36. The van der Waals surface area contributed by atoms with Gasteiger partial charge in [-0.1, -0.05) is 0 Å². The van der Waals surface area contributed by atoms with Crippen LogP contribution < -0.4 is 0 Å². The van der Waals surface area contributed by atoms with Crippen molar-refractivity contribution in [3.05, 3.63) is 23.8 Å². The lowest BCUT2D eigenvalue weighted by atomic mass is 10.1. The minimum Gasteiger partial charge on any atom is -0.387 e. The minimum atomic E-state index is -4.78. The quantitative estimate of drug-likeness (QED) is 0.341. The molecular weight excluding hydrogens is 564 g/mol. The molecule has 2 bridgehead atoms. The normalized spacial score (nSPS) is 44.1. The zero-order valence-corrected chi connectivity index (χ0v) is 22.9. The number of nitrogens with zero attached hydrogens (tertiary/aromatic N) is 3. The molecule has 38 heavy (non-hydrogen) atoms.